The summed E-state index contributed by atoms with van der Waals surface area (Å²) in [5, 5.41) is 2.61. The van der Waals surface area contributed by atoms with Crippen LogP contribution >= 0.6 is 0 Å². The van der Waals surface area contributed by atoms with Gasteiger partial charge >= 0.3 is 0 Å². The summed E-state index contributed by atoms with van der Waals surface area (Å²) in [5.41, 5.74) is 5.48. The molecule has 1 saturated heterocycles. The van der Waals surface area contributed by atoms with Crippen LogP contribution in [0.15, 0.2) is 12.4 Å². The van der Waals surface area contributed by atoms with Crippen LogP contribution in [0.5, 0.6) is 0 Å². The molecule has 1 aliphatic rings. The molecule has 1 aromatic rings. The van der Waals surface area contributed by atoms with Gasteiger partial charge in [0.1, 0.15) is 17.7 Å². The van der Waals surface area contributed by atoms with Crippen molar-refractivity contribution in [1.82, 2.24) is 15.3 Å². The van der Waals surface area contributed by atoms with Crippen LogP contribution in [0.25, 0.3) is 0 Å². The van der Waals surface area contributed by atoms with E-state index in [1.807, 2.05) is 4.90 Å². The smallest absolute Gasteiger partial charge is 0.244 e. The summed E-state index contributed by atoms with van der Waals surface area (Å²) in [6.07, 6.45) is 3.04. The number of nitrogens with one attached hydrogen (secondary N) is 1. The van der Waals surface area contributed by atoms with Gasteiger partial charge in [0.2, 0.25) is 5.91 Å². The molecule has 0 bridgehead atoms. The van der Waals surface area contributed by atoms with Crippen molar-refractivity contribution in [2.75, 3.05) is 37.4 Å². The maximum atomic E-state index is 11.7. The second-order valence-electron chi connectivity index (χ2n) is 3.70. The van der Waals surface area contributed by atoms with Gasteiger partial charge in [-0.2, -0.15) is 0 Å². The first-order chi connectivity index (χ1) is 8.22. The van der Waals surface area contributed by atoms with Gasteiger partial charge < -0.3 is 20.7 Å². The summed E-state index contributed by atoms with van der Waals surface area (Å²) >= 11 is 0. The van der Waals surface area contributed by atoms with E-state index in [1.54, 1.807) is 13.2 Å². The molecule has 0 aliphatic carbocycles. The summed E-state index contributed by atoms with van der Waals surface area (Å²) in [6.45, 7) is 1.53. The van der Waals surface area contributed by atoms with Gasteiger partial charge in [0.15, 0.2) is 0 Å². The first kappa shape index (κ1) is 11.6. The predicted octanol–water partition coefficient (Wildman–Crippen LogP) is -0.990. The number of aromatic nitrogens is 2. The van der Waals surface area contributed by atoms with Gasteiger partial charge in [-0.1, -0.05) is 0 Å². The van der Waals surface area contributed by atoms with Crippen molar-refractivity contribution in [3.05, 3.63) is 12.4 Å². The van der Waals surface area contributed by atoms with Crippen LogP contribution in [0.2, 0.25) is 0 Å². The number of hydrogen-bond acceptors (Lipinski definition) is 6. The first-order valence-electron chi connectivity index (χ1n) is 5.36. The molecule has 0 radical (unpaired) electrons. The minimum atomic E-state index is -0.369. The summed E-state index contributed by atoms with van der Waals surface area (Å²) < 4.78 is 5.31. The third kappa shape index (κ3) is 2.44. The van der Waals surface area contributed by atoms with Gasteiger partial charge in [-0.3, -0.25) is 4.79 Å². The molecular weight excluding hydrogens is 222 g/mol. The van der Waals surface area contributed by atoms with Crippen LogP contribution in [-0.4, -0.2) is 48.7 Å². The molecule has 92 valence electrons. The highest BCUT2D eigenvalue weighted by molar-refractivity contribution is 5.85. The molecule has 3 N–H and O–H groups in total. The van der Waals surface area contributed by atoms with Crippen LogP contribution in [0.3, 0.4) is 0 Å². The van der Waals surface area contributed by atoms with E-state index >= 15 is 0 Å². The average Bonchev–Trinajstić information content (AvgIpc) is 2.39. The lowest BCUT2D eigenvalue weighted by molar-refractivity contribution is -0.124. The lowest BCUT2D eigenvalue weighted by Gasteiger charge is -2.34. The van der Waals surface area contributed by atoms with Crippen LogP contribution in [0.4, 0.5) is 11.6 Å². The van der Waals surface area contributed by atoms with Crippen molar-refractivity contribution in [2.24, 2.45) is 0 Å². The molecule has 1 aliphatic heterocycles. The van der Waals surface area contributed by atoms with E-state index in [1.165, 1.54) is 6.20 Å². The highest BCUT2D eigenvalue weighted by Gasteiger charge is 2.29. The van der Waals surface area contributed by atoms with E-state index < -0.39 is 0 Å². The van der Waals surface area contributed by atoms with E-state index in [4.69, 9.17) is 10.5 Å². The molecule has 17 heavy (non-hydrogen) atoms. The van der Waals surface area contributed by atoms with Gasteiger partial charge in [0.05, 0.1) is 25.6 Å². The van der Waals surface area contributed by atoms with Gasteiger partial charge in [0, 0.05) is 13.6 Å². The van der Waals surface area contributed by atoms with E-state index in [-0.39, 0.29) is 11.9 Å². The van der Waals surface area contributed by atoms with Gasteiger partial charge in [-0.25, -0.2) is 9.97 Å². The second-order valence-corrected chi connectivity index (χ2v) is 3.70. The third-order valence-corrected chi connectivity index (χ3v) is 2.63. The largest absolute Gasteiger partial charge is 0.382 e. The van der Waals surface area contributed by atoms with Crippen LogP contribution < -0.4 is 16.0 Å². The number of ether oxygens (including phenoxy) is 1. The molecule has 7 heteroatoms. The summed E-state index contributed by atoms with van der Waals surface area (Å²) in [5.74, 6) is 0.901. The molecule has 0 spiro atoms. The number of carbonyl (C=O) groups excluding carboxylic acids is 1. The zero-order valence-electron chi connectivity index (χ0n) is 9.59. The lowest BCUT2D eigenvalue weighted by Crippen LogP contribution is -2.53. The fourth-order valence-electron chi connectivity index (χ4n) is 1.74. The van der Waals surface area contributed by atoms with Gasteiger partial charge in [0.25, 0.3) is 0 Å². The maximum absolute atomic E-state index is 11.7. The zero-order valence-corrected chi connectivity index (χ0v) is 9.59. The minimum Gasteiger partial charge on any atom is -0.382 e. The molecule has 7 nitrogen and oxygen atoms in total. The van der Waals surface area contributed by atoms with E-state index in [0.29, 0.717) is 31.4 Å². The summed E-state index contributed by atoms with van der Waals surface area (Å²) in [7, 11) is 1.60. The maximum Gasteiger partial charge on any atom is 0.244 e. The number of nitrogen functional groups attached to an aromatic ring is 1. The van der Waals surface area contributed by atoms with Gasteiger partial charge in [-0.15, -0.1) is 0 Å². The number of nitrogens with two attached hydrogens (primary N) is 1. The van der Waals surface area contributed by atoms with E-state index in [0.717, 1.165) is 0 Å². The Bertz CT molecular complexity index is 394. The summed E-state index contributed by atoms with van der Waals surface area (Å²) in [4.78, 5) is 21.7. The van der Waals surface area contributed by atoms with Crippen molar-refractivity contribution < 1.29 is 9.53 Å². The van der Waals surface area contributed by atoms with E-state index in [9.17, 15) is 4.79 Å². The lowest BCUT2D eigenvalue weighted by atomic mass is 10.2. The molecule has 1 unspecified atom stereocenters. The minimum absolute atomic E-state index is 0.0941. The number of carbonyl (C=O) groups is 1. The van der Waals surface area contributed by atoms with Crippen LogP contribution in [0, 0.1) is 0 Å². The normalized spacial score (nSPS) is 20.1. The topological polar surface area (TPSA) is 93.4 Å². The number of hydrogen-bond donors (Lipinski definition) is 2. The molecule has 1 amide bonds. The van der Waals surface area contributed by atoms with Gasteiger partial charge in [-0.05, 0) is 0 Å². The number of amides is 1. The number of nitrogens with zero attached hydrogens (tertiary/aromatic N) is 3. The summed E-state index contributed by atoms with van der Waals surface area (Å²) in [6, 6.07) is -0.369. The number of morpholine rings is 1. The zero-order chi connectivity index (χ0) is 12.3. The standard InChI is InChI=1S/C10H15N5O2/c1-12-10(16)7-6-17-3-2-15(7)9-5-13-8(11)4-14-9/h4-5,7H,2-3,6H2,1H3,(H2,11,13)(H,12,16). The van der Waals surface area contributed by atoms with Crippen LogP contribution in [0.1, 0.15) is 0 Å². The molecule has 1 atom stereocenters. The van der Waals surface area contributed by atoms with Crippen molar-refractivity contribution in [3.8, 4) is 0 Å². The molecule has 2 rings (SSSR count). The fourth-order valence-corrected chi connectivity index (χ4v) is 1.74. The molecule has 1 fully saturated rings. The Labute approximate surface area is 99.0 Å². The Morgan fingerprint density at radius 2 is 2.41 bits per heavy atom. The molecule has 1 aromatic heterocycles. The first-order valence-corrected chi connectivity index (χ1v) is 5.36. The molecule has 0 aromatic carbocycles. The second kappa shape index (κ2) is 4.96. The monoisotopic (exact) mass is 237 g/mol. The number of rotatable bonds is 2. The highest BCUT2D eigenvalue weighted by Crippen LogP contribution is 2.16. The predicted molar refractivity (Wildman–Crippen MR) is 62.5 cm³/mol. The SMILES string of the molecule is CNC(=O)C1COCCN1c1cnc(N)cn1. The Morgan fingerprint density at radius 3 is 3.06 bits per heavy atom. The fraction of sp³-hybridized carbons (Fsp3) is 0.500. The number of anilines is 2. The van der Waals surface area contributed by atoms with Crippen molar-refractivity contribution in [2.45, 2.75) is 6.04 Å². The van der Waals surface area contributed by atoms with Crippen molar-refractivity contribution in [3.63, 3.8) is 0 Å². The Kier molecular flexibility index (Phi) is 3.38. The molecule has 0 saturated carbocycles. The van der Waals surface area contributed by atoms with Crippen LogP contribution in [-0.2, 0) is 9.53 Å². The average molecular weight is 237 g/mol. The molecule has 2 heterocycles. The quantitative estimate of drug-likeness (QED) is 0.686. The Morgan fingerprint density at radius 1 is 1.59 bits per heavy atom. The van der Waals surface area contributed by atoms with Crippen molar-refractivity contribution in [1.29, 1.82) is 0 Å². The number of likely N-dealkylation sites (N-methyl/N-ethyl adjacent to an activating group) is 1. The Hall–Kier alpha value is -1.89. The van der Waals surface area contributed by atoms with Crippen molar-refractivity contribution >= 4 is 17.5 Å². The van der Waals surface area contributed by atoms with E-state index in [2.05, 4.69) is 15.3 Å². The third-order valence-electron chi connectivity index (χ3n) is 2.63. The highest BCUT2D eigenvalue weighted by atomic mass is 16.5. The molecular formula is C10H15N5O2. The Balaban J connectivity index is 2.21.